The number of nitrogens with zero attached hydrogens (tertiary/aromatic N) is 3. The quantitative estimate of drug-likeness (QED) is 0.744. The SMILES string of the molecule is COc1ccccc1-c1cc(C(=O)N2CCN(Cc3ccccc3)CC2)[nH]n1. The Hall–Kier alpha value is -3.12. The van der Waals surface area contributed by atoms with Gasteiger partial charge in [-0.1, -0.05) is 42.5 Å². The standard InChI is InChI=1S/C22H24N4O2/c1-28-21-10-6-5-9-18(21)19-15-20(24-23-19)22(27)26-13-11-25(12-14-26)16-17-7-3-2-4-8-17/h2-10,15H,11-14,16H2,1H3,(H,23,24). The van der Waals surface area contributed by atoms with Crippen molar-refractivity contribution in [1.82, 2.24) is 20.0 Å². The molecular weight excluding hydrogens is 352 g/mol. The van der Waals surface area contributed by atoms with Crippen LogP contribution in [0.3, 0.4) is 0 Å². The molecule has 0 spiro atoms. The summed E-state index contributed by atoms with van der Waals surface area (Å²) >= 11 is 0. The third kappa shape index (κ3) is 3.92. The summed E-state index contributed by atoms with van der Waals surface area (Å²) in [6.45, 7) is 4.09. The first-order valence-corrected chi connectivity index (χ1v) is 9.49. The zero-order chi connectivity index (χ0) is 19.3. The molecule has 6 heteroatoms. The van der Waals surface area contributed by atoms with Gasteiger partial charge < -0.3 is 9.64 Å². The number of aromatic nitrogens is 2. The van der Waals surface area contributed by atoms with Gasteiger partial charge in [0.15, 0.2) is 0 Å². The number of hydrogen-bond acceptors (Lipinski definition) is 4. The highest BCUT2D eigenvalue weighted by molar-refractivity contribution is 5.93. The lowest BCUT2D eigenvalue weighted by molar-refractivity contribution is 0.0622. The molecule has 1 saturated heterocycles. The van der Waals surface area contributed by atoms with Gasteiger partial charge in [0.1, 0.15) is 11.4 Å². The second-order valence-electron chi connectivity index (χ2n) is 6.92. The Morgan fingerprint density at radius 2 is 1.75 bits per heavy atom. The summed E-state index contributed by atoms with van der Waals surface area (Å²) in [5.41, 5.74) is 3.39. The predicted molar refractivity (Wildman–Crippen MR) is 108 cm³/mol. The number of carbonyl (C=O) groups excluding carboxylic acids is 1. The highest BCUT2D eigenvalue weighted by atomic mass is 16.5. The van der Waals surface area contributed by atoms with E-state index in [9.17, 15) is 4.79 Å². The van der Waals surface area contributed by atoms with Gasteiger partial charge in [-0.2, -0.15) is 5.10 Å². The van der Waals surface area contributed by atoms with Crippen LogP contribution < -0.4 is 4.74 Å². The van der Waals surface area contributed by atoms with Gasteiger partial charge in [-0.05, 0) is 23.8 Å². The van der Waals surface area contributed by atoms with E-state index in [0.29, 0.717) is 24.5 Å². The number of H-pyrrole nitrogens is 1. The van der Waals surface area contributed by atoms with Crippen molar-refractivity contribution < 1.29 is 9.53 Å². The fourth-order valence-electron chi connectivity index (χ4n) is 3.55. The number of para-hydroxylation sites is 1. The molecule has 0 unspecified atom stereocenters. The van der Waals surface area contributed by atoms with E-state index in [1.807, 2.05) is 35.2 Å². The average Bonchev–Trinajstić information content (AvgIpc) is 3.24. The van der Waals surface area contributed by atoms with Crippen LogP contribution in [0, 0.1) is 0 Å². The molecule has 0 atom stereocenters. The molecule has 1 fully saturated rings. The van der Waals surface area contributed by atoms with Gasteiger partial charge in [-0.3, -0.25) is 14.8 Å². The molecular formula is C22H24N4O2. The first kappa shape index (κ1) is 18.3. The highest BCUT2D eigenvalue weighted by Gasteiger charge is 2.24. The molecule has 0 saturated carbocycles. The molecule has 2 aromatic carbocycles. The van der Waals surface area contributed by atoms with E-state index < -0.39 is 0 Å². The van der Waals surface area contributed by atoms with Crippen LogP contribution in [0.15, 0.2) is 60.7 Å². The third-order valence-electron chi connectivity index (χ3n) is 5.10. The van der Waals surface area contributed by atoms with Gasteiger partial charge in [-0.15, -0.1) is 0 Å². The molecule has 1 aliphatic heterocycles. The summed E-state index contributed by atoms with van der Waals surface area (Å²) < 4.78 is 5.39. The Bertz CT molecular complexity index is 930. The van der Waals surface area contributed by atoms with Crippen molar-refractivity contribution >= 4 is 5.91 Å². The van der Waals surface area contributed by atoms with E-state index in [2.05, 4.69) is 39.4 Å². The maximum Gasteiger partial charge on any atom is 0.271 e. The summed E-state index contributed by atoms with van der Waals surface area (Å²) in [4.78, 5) is 17.1. The van der Waals surface area contributed by atoms with Crippen molar-refractivity contribution in [3.05, 3.63) is 71.9 Å². The van der Waals surface area contributed by atoms with Crippen molar-refractivity contribution in [2.45, 2.75) is 6.54 Å². The number of rotatable bonds is 5. The van der Waals surface area contributed by atoms with Crippen LogP contribution in [-0.4, -0.2) is 59.2 Å². The lowest BCUT2D eigenvalue weighted by Gasteiger charge is -2.34. The van der Waals surface area contributed by atoms with Crippen molar-refractivity contribution in [2.75, 3.05) is 33.3 Å². The third-order valence-corrected chi connectivity index (χ3v) is 5.10. The topological polar surface area (TPSA) is 61.5 Å². The number of ether oxygens (including phenoxy) is 1. The second-order valence-corrected chi connectivity index (χ2v) is 6.92. The molecule has 4 rings (SSSR count). The Kier molecular flexibility index (Phi) is 5.39. The summed E-state index contributed by atoms with van der Waals surface area (Å²) in [7, 11) is 1.63. The van der Waals surface area contributed by atoms with Gasteiger partial charge in [0.25, 0.3) is 5.91 Å². The van der Waals surface area contributed by atoms with Crippen LogP contribution in [0.2, 0.25) is 0 Å². The minimum absolute atomic E-state index is 0.00647. The number of benzene rings is 2. The van der Waals surface area contributed by atoms with E-state index in [-0.39, 0.29) is 5.91 Å². The van der Waals surface area contributed by atoms with Crippen LogP contribution in [0.5, 0.6) is 5.75 Å². The van der Waals surface area contributed by atoms with Crippen LogP contribution in [0.25, 0.3) is 11.3 Å². The molecule has 0 radical (unpaired) electrons. The summed E-state index contributed by atoms with van der Waals surface area (Å²) in [5.74, 6) is 0.732. The maximum absolute atomic E-state index is 12.9. The number of aromatic amines is 1. The van der Waals surface area contributed by atoms with Gasteiger partial charge in [0.05, 0.1) is 12.8 Å². The number of piperazine rings is 1. The number of hydrogen-bond donors (Lipinski definition) is 1. The minimum Gasteiger partial charge on any atom is -0.496 e. The fourth-order valence-corrected chi connectivity index (χ4v) is 3.55. The van der Waals surface area contributed by atoms with E-state index in [4.69, 9.17) is 4.74 Å². The van der Waals surface area contributed by atoms with Crippen molar-refractivity contribution in [2.24, 2.45) is 0 Å². The lowest BCUT2D eigenvalue weighted by atomic mass is 10.1. The first-order chi connectivity index (χ1) is 13.7. The summed E-state index contributed by atoms with van der Waals surface area (Å²) in [5, 5.41) is 7.21. The molecule has 1 N–H and O–H groups in total. The molecule has 6 nitrogen and oxygen atoms in total. The van der Waals surface area contributed by atoms with Crippen LogP contribution in [-0.2, 0) is 6.54 Å². The summed E-state index contributed by atoms with van der Waals surface area (Å²) in [6.07, 6.45) is 0. The number of methoxy groups -OCH3 is 1. The maximum atomic E-state index is 12.9. The van der Waals surface area contributed by atoms with Gasteiger partial charge in [-0.25, -0.2) is 0 Å². The normalized spacial score (nSPS) is 14.8. The average molecular weight is 376 g/mol. The Morgan fingerprint density at radius 3 is 2.50 bits per heavy atom. The molecule has 1 aliphatic rings. The molecule has 1 aromatic heterocycles. The van der Waals surface area contributed by atoms with Crippen LogP contribution >= 0.6 is 0 Å². The molecule has 2 heterocycles. The highest BCUT2D eigenvalue weighted by Crippen LogP contribution is 2.28. The van der Waals surface area contributed by atoms with Crippen LogP contribution in [0.1, 0.15) is 16.1 Å². The van der Waals surface area contributed by atoms with Crippen molar-refractivity contribution in [3.8, 4) is 17.0 Å². The second kappa shape index (κ2) is 8.27. The Balaban J connectivity index is 1.39. The smallest absolute Gasteiger partial charge is 0.271 e. The number of nitrogens with one attached hydrogen (secondary N) is 1. The number of carbonyl (C=O) groups is 1. The number of amides is 1. The van der Waals surface area contributed by atoms with Gasteiger partial charge in [0, 0.05) is 38.3 Å². The van der Waals surface area contributed by atoms with E-state index >= 15 is 0 Å². The molecule has 28 heavy (non-hydrogen) atoms. The van der Waals surface area contributed by atoms with E-state index in [1.54, 1.807) is 13.2 Å². The lowest BCUT2D eigenvalue weighted by Crippen LogP contribution is -2.48. The molecule has 1 amide bonds. The first-order valence-electron chi connectivity index (χ1n) is 9.49. The summed E-state index contributed by atoms with van der Waals surface area (Å²) in [6, 6.07) is 19.9. The molecule has 144 valence electrons. The van der Waals surface area contributed by atoms with Crippen molar-refractivity contribution in [1.29, 1.82) is 0 Å². The van der Waals surface area contributed by atoms with Gasteiger partial charge >= 0.3 is 0 Å². The van der Waals surface area contributed by atoms with E-state index in [1.165, 1.54) is 5.56 Å². The van der Waals surface area contributed by atoms with Crippen LogP contribution in [0.4, 0.5) is 0 Å². The van der Waals surface area contributed by atoms with Gasteiger partial charge in [0.2, 0.25) is 0 Å². The Morgan fingerprint density at radius 1 is 1.04 bits per heavy atom. The largest absolute Gasteiger partial charge is 0.496 e. The molecule has 0 bridgehead atoms. The fraction of sp³-hybridized carbons (Fsp3) is 0.273. The Labute approximate surface area is 164 Å². The van der Waals surface area contributed by atoms with Crippen molar-refractivity contribution in [3.63, 3.8) is 0 Å². The minimum atomic E-state index is -0.00647. The molecule has 0 aliphatic carbocycles. The zero-order valence-electron chi connectivity index (χ0n) is 16.0. The predicted octanol–water partition coefficient (Wildman–Crippen LogP) is 3.04. The molecule has 3 aromatic rings. The monoisotopic (exact) mass is 376 g/mol. The van der Waals surface area contributed by atoms with E-state index in [0.717, 1.165) is 30.9 Å². The zero-order valence-corrected chi connectivity index (χ0v) is 16.0.